The highest BCUT2D eigenvalue weighted by molar-refractivity contribution is 5.11. The van der Waals surface area contributed by atoms with E-state index >= 15 is 0 Å². The summed E-state index contributed by atoms with van der Waals surface area (Å²) < 4.78 is 13.0. The molecule has 0 spiro atoms. The third-order valence-corrected chi connectivity index (χ3v) is 1.44. The van der Waals surface area contributed by atoms with Crippen molar-refractivity contribution in [3.8, 4) is 0 Å². The Bertz CT molecular complexity index is 258. The van der Waals surface area contributed by atoms with Crippen molar-refractivity contribution < 1.29 is 4.39 Å². The van der Waals surface area contributed by atoms with E-state index in [-0.39, 0.29) is 11.7 Å². The molecule has 0 saturated heterocycles. The predicted molar refractivity (Wildman–Crippen MR) is 40.8 cm³/mol. The van der Waals surface area contributed by atoms with E-state index in [1.807, 2.05) is 13.8 Å². The molecule has 60 valence electrons. The summed E-state index contributed by atoms with van der Waals surface area (Å²) in [5, 5.41) is 7.52. The van der Waals surface area contributed by atoms with E-state index in [1.54, 1.807) is 6.92 Å². The summed E-state index contributed by atoms with van der Waals surface area (Å²) >= 11 is 0. The Kier molecular flexibility index (Phi) is 2.17. The molecule has 0 radical (unpaired) electrons. The van der Waals surface area contributed by atoms with Gasteiger partial charge in [0.15, 0.2) is 0 Å². The van der Waals surface area contributed by atoms with Gasteiger partial charge in [0.05, 0.1) is 5.69 Å². The quantitative estimate of drug-likeness (QED) is 0.618. The number of rotatable bonds is 1. The standard InChI is InChI=1S/C8H11FN2/c1-5(2)8-7(9)4-6(3)10-11-8/h4-5H,1-3H3. The van der Waals surface area contributed by atoms with E-state index in [2.05, 4.69) is 10.2 Å². The van der Waals surface area contributed by atoms with Crippen LogP contribution in [0.4, 0.5) is 4.39 Å². The molecule has 3 heteroatoms. The van der Waals surface area contributed by atoms with Crippen LogP contribution in [0, 0.1) is 12.7 Å². The number of nitrogens with zero attached hydrogens (tertiary/aromatic N) is 2. The Hall–Kier alpha value is -0.990. The van der Waals surface area contributed by atoms with Crippen LogP contribution in [0.15, 0.2) is 6.07 Å². The zero-order chi connectivity index (χ0) is 8.43. The van der Waals surface area contributed by atoms with Gasteiger partial charge in [0, 0.05) is 5.92 Å². The number of halogens is 1. The summed E-state index contributed by atoms with van der Waals surface area (Å²) in [4.78, 5) is 0. The van der Waals surface area contributed by atoms with Crippen molar-refractivity contribution in [1.82, 2.24) is 10.2 Å². The largest absolute Gasteiger partial charge is 0.205 e. The average molecular weight is 154 g/mol. The molecule has 0 aromatic carbocycles. The molecule has 1 aromatic rings. The number of hydrogen-bond donors (Lipinski definition) is 0. The van der Waals surface area contributed by atoms with Crippen LogP contribution in [0.5, 0.6) is 0 Å². The molecular formula is C8H11FN2. The molecule has 1 rings (SSSR count). The molecule has 0 aliphatic carbocycles. The highest BCUT2D eigenvalue weighted by atomic mass is 19.1. The molecule has 0 amide bonds. The SMILES string of the molecule is Cc1cc(F)c(C(C)C)nn1. The van der Waals surface area contributed by atoms with Gasteiger partial charge in [-0.05, 0) is 13.0 Å². The fourth-order valence-corrected chi connectivity index (χ4v) is 0.858. The van der Waals surface area contributed by atoms with Crippen molar-refractivity contribution in [1.29, 1.82) is 0 Å². The molecule has 1 heterocycles. The third kappa shape index (κ3) is 1.73. The highest BCUT2D eigenvalue weighted by Crippen LogP contribution is 2.14. The summed E-state index contributed by atoms with van der Waals surface area (Å²) in [5.74, 6) is -0.157. The van der Waals surface area contributed by atoms with Crippen molar-refractivity contribution in [2.75, 3.05) is 0 Å². The maximum Gasteiger partial charge on any atom is 0.148 e. The van der Waals surface area contributed by atoms with Crippen LogP contribution in [-0.4, -0.2) is 10.2 Å². The Morgan fingerprint density at radius 3 is 2.45 bits per heavy atom. The fourth-order valence-electron chi connectivity index (χ4n) is 0.858. The smallest absolute Gasteiger partial charge is 0.148 e. The minimum atomic E-state index is -0.257. The summed E-state index contributed by atoms with van der Waals surface area (Å²) in [5.41, 5.74) is 1.06. The molecule has 0 bridgehead atoms. The van der Waals surface area contributed by atoms with Gasteiger partial charge in [0.25, 0.3) is 0 Å². The van der Waals surface area contributed by atoms with Gasteiger partial charge in [0.2, 0.25) is 0 Å². The lowest BCUT2D eigenvalue weighted by Gasteiger charge is -2.03. The molecule has 0 aliphatic heterocycles. The first-order valence-corrected chi connectivity index (χ1v) is 3.61. The van der Waals surface area contributed by atoms with Crippen molar-refractivity contribution in [2.45, 2.75) is 26.7 Å². The molecule has 0 unspecified atom stereocenters. The van der Waals surface area contributed by atoms with Gasteiger partial charge in [-0.2, -0.15) is 10.2 Å². The normalized spacial score (nSPS) is 10.6. The van der Waals surface area contributed by atoms with Crippen molar-refractivity contribution in [3.63, 3.8) is 0 Å². The van der Waals surface area contributed by atoms with Gasteiger partial charge in [-0.1, -0.05) is 13.8 Å². The first-order valence-electron chi connectivity index (χ1n) is 3.61. The molecule has 0 aliphatic rings. The minimum absolute atomic E-state index is 0.100. The van der Waals surface area contributed by atoms with Crippen LogP contribution in [0.3, 0.4) is 0 Å². The summed E-state index contributed by atoms with van der Waals surface area (Å²) in [7, 11) is 0. The molecule has 11 heavy (non-hydrogen) atoms. The van der Waals surface area contributed by atoms with Crippen molar-refractivity contribution >= 4 is 0 Å². The molecular weight excluding hydrogens is 143 g/mol. The first-order chi connectivity index (χ1) is 5.11. The molecule has 1 aromatic heterocycles. The van der Waals surface area contributed by atoms with Gasteiger partial charge in [-0.15, -0.1) is 0 Å². The van der Waals surface area contributed by atoms with E-state index in [0.717, 1.165) is 0 Å². The van der Waals surface area contributed by atoms with E-state index in [4.69, 9.17) is 0 Å². The monoisotopic (exact) mass is 154 g/mol. The Morgan fingerprint density at radius 2 is 2.00 bits per heavy atom. The van der Waals surface area contributed by atoms with E-state index < -0.39 is 0 Å². The van der Waals surface area contributed by atoms with E-state index in [0.29, 0.717) is 11.4 Å². The maximum atomic E-state index is 13.0. The molecule has 0 atom stereocenters. The summed E-state index contributed by atoms with van der Waals surface area (Å²) in [6, 6.07) is 1.41. The lowest BCUT2D eigenvalue weighted by atomic mass is 10.1. The van der Waals surface area contributed by atoms with Gasteiger partial charge in [-0.25, -0.2) is 4.39 Å². The minimum Gasteiger partial charge on any atom is -0.205 e. The van der Waals surface area contributed by atoms with E-state index in [1.165, 1.54) is 6.07 Å². The zero-order valence-corrected chi connectivity index (χ0v) is 6.93. The fraction of sp³-hybridized carbons (Fsp3) is 0.500. The Labute approximate surface area is 65.5 Å². The number of hydrogen-bond acceptors (Lipinski definition) is 2. The lowest BCUT2D eigenvalue weighted by molar-refractivity contribution is 0.571. The molecule has 0 N–H and O–H groups in total. The van der Waals surface area contributed by atoms with Gasteiger partial charge in [-0.3, -0.25) is 0 Å². The zero-order valence-electron chi connectivity index (χ0n) is 6.93. The van der Waals surface area contributed by atoms with Crippen LogP contribution in [0.2, 0.25) is 0 Å². The predicted octanol–water partition coefficient (Wildman–Crippen LogP) is 2.05. The van der Waals surface area contributed by atoms with Crippen molar-refractivity contribution in [2.24, 2.45) is 0 Å². The summed E-state index contributed by atoms with van der Waals surface area (Å²) in [6.45, 7) is 5.50. The number of aryl methyl sites for hydroxylation is 1. The van der Waals surface area contributed by atoms with Gasteiger partial charge in [0.1, 0.15) is 11.5 Å². The van der Waals surface area contributed by atoms with E-state index in [9.17, 15) is 4.39 Å². The van der Waals surface area contributed by atoms with Crippen LogP contribution < -0.4 is 0 Å². The first kappa shape index (κ1) is 8.11. The molecule has 0 saturated carbocycles. The van der Waals surface area contributed by atoms with Crippen LogP contribution in [-0.2, 0) is 0 Å². The topological polar surface area (TPSA) is 25.8 Å². The van der Waals surface area contributed by atoms with Crippen LogP contribution in [0.1, 0.15) is 31.2 Å². The Morgan fingerprint density at radius 1 is 1.36 bits per heavy atom. The third-order valence-electron chi connectivity index (χ3n) is 1.44. The maximum absolute atomic E-state index is 13.0. The van der Waals surface area contributed by atoms with Crippen molar-refractivity contribution in [3.05, 3.63) is 23.3 Å². The number of aromatic nitrogens is 2. The average Bonchev–Trinajstić information content (AvgIpc) is 1.85. The second kappa shape index (κ2) is 2.95. The molecule has 0 fully saturated rings. The highest BCUT2D eigenvalue weighted by Gasteiger charge is 2.08. The van der Waals surface area contributed by atoms with Crippen LogP contribution in [0.25, 0.3) is 0 Å². The lowest BCUT2D eigenvalue weighted by Crippen LogP contribution is -2.00. The van der Waals surface area contributed by atoms with Gasteiger partial charge >= 0.3 is 0 Å². The summed E-state index contributed by atoms with van der Waals surface area (Å²) in [6.07, 6.45) is 0. The molecule has 2 nitrogen and oxygen atoms in total. The second-order valence-corrected chi connectivity index (χ2v) is 2.87. The van der Waals surface area contributed by atoms with Crippen LogP contribution >= 0.6 is 0 Å². The van der Waals surface area contributed by atoms with Gasteiger partial charge < -0.3 is 0 Å². The Balaban J connectivity index is 3.09. The second-order valence-electron chi connectivity index (χ2n) is 2.87.